The second-order valence-electron chi connectivity index (χ2n) is 8.53. The number of rotatable bonds is 10. The summed E-state index contributed by atoms with van der Waals surface area (Å²) in [4.78, 5) is 39.7. The Kier molecular flexibility index (Phi) is 6.98. The molecule has 6 nitrogen and oxygen atoms in total. The topological polar surface area (TPSA) is 66.4 Å². The Bertz CT molecular complexity index is 948. The van der Waals surface area contributed by atoms with Crippen molar-refractivity contribution in [2.45, 2.75) is 65.2 Å². The summed E-state index contributed by atoms with van der Waals surface area (Å²) in [5.41, 5.74) is 2.44. The van der Waals surface area contributed by atoms with Crippen LogP contribution in [-0.4, -0.2) is 34.9 Å². The van der Waals surface area contributed by atoms with Crippen LogP contribution in [0.2, 0.25) is 0 Å². The molecule has 0 bridgehead atoms. The summed E-state index contributed by atoms with van der Waals surface area (Å²) >= 11 is 0. The van der Waals surface area contributed by atoms with Gasteiger partial charge in [-0.2, -0.15) is 0 Å². The highest BCUT2D eigenvalue weighted by Gasteiger charge is 2.42. The molecule has 2 amide bonds. The predicted octanol–water partition coefficient (Wildman–Crippen LogP) is 5.24. The standard InChI is InChI=1S/C26H32N4O2/c1-3-5-7-9-17-29-23-19(13-11-15-27-23)21(25(29)31)22-20-14-12-16-28-24(20)30(26(22)32)18-10-8-6-4-2/h11-16H,3-10,17-18H2,1-2H3/b22-21-. The summed E-state index contributed by atoms with van der Waals surface area (Å²) in [5.74, 6) is 1.08. The molecule has 0 saturated carbocycles. The largest absolute Gasteiger partial charge is 0.292 e. The number of carbonyl (C=O) groups is 2. The van der Waals surface area contributed by atoms with E-state index in [1.807, 2.05) is 24.3 Å². The van der Waals surface area contributed by atoms with Crippen molar-refractivity contribution in [1.29, 1.82) is 0 Å². The number of aromatic nitrogens is 2. The third-order valence-electron chi connectivity index (χ3n) is 6.26. The molecule has 0 fully saturated rings. The van der Waals surface area contributed by atoms with Gasteiger partial charge in [0.15, 0.2) is 0 Å². The van der Waals surface area contributed by atoms with Crippen molar-refractivity contribution in [3.05, 3.63) is 47.8 Å². The van der Waals surface area contributed by atoms with E-state index in [1.165, 1.54) is 0 Å². The fraction of sp³-hybridized carbons (Fsp3) is 0.462. The Hall–Kier alpha value is -3.02. The first-order valence-electron chi connectivity index (χ1n) is 12.0. The Labute approximate surface area is 190 Å². The molecule has 0 N–H and O–H groups in total. The normalized spacial score (nSPS) is 17.3. The average molecular weight is 433 g/mol. The summed E-state index contributed by atoms with van der Waals surface area (Å²) in [6, 6.07) is 7.47. The van der Waals surface area contributed by atoms with Gasteiger partial charge in [-0.25, -0.2) is 9.97 Å². The highest BCUT2D eigenvalue weighted by atomic mass is 16.2. The van der Waals surface area contributed by atoms with Crippen LogP contribution in [-0.2, 0) is 9.59 Å². The van der Waals surface area contributed by atoms with Crippen LogP contribution in [0.1, 0.15) is 76.3 Å². The molecule has 4 rings (SSSR count). The van der Waals surface area contributed by atoms with Crippen molar-refractivity contribution in [3.8, 4) is 0 Å². The maximum atomic E-state index is 13.6. The molecule has 6 heteroatoms. The molecule has 32 heavy (non-hydrogen) atoms. The molecule has 2 aliphatic rings. The van der Waals surface area contributed by atoms with Gasteiger partial charge in [0, 0.05) is 36.6 Å². The predicted molar refractivity (Wildman–Crippen MR) is 128 cm³/mol. The monoisotopic (exact) mass is 432 g/mol. The molecular weight excluding hydrogens is 400 g/mol. The highest BCUT2D eigenvalue weighted by molar-refractivity contribution is 6.49. The van der Waals surface area contributed by atoms with Gasteiger partial charge in [-0.05, 0) is 37.1 Å². The van der Waals surface area contributed by atoms with E-state index in [2.05, 4.69) is 23.8 Å². The molecule has 4 heterocycles. The minimum Gasteiger partial charge on any atom is -0.292 e. The third kappa shape index (κ3) is 4.06. The first-order chi connectivity index (χ1) is 15.7. The highest BCUT2D eigenvalue weighted by Crippen LogP contribution is 2.45. The summed E-state index contributed by atoms with van der Waals surface area (Å²) in [6.07, 6.45) is 12.0. The fourth-order valence-electron chi connectivity index (χ4n) is 4.60. The molecule has 0 aromatic carbocycles. The van der Waals surface area contributed by atoms with E-state index >= 15 is 0 Å². The maximum absolute atomic E-state index is 13.6. The van der Waals surface area contributed by atoms with Crippen molar-refractivity contribution in [3.63, 3.8) is 0 Å². The smallest absolute Gasteiger partial charge is 0.261 e. The van der Waals surface area contributed by atoms with Crippen molar-refractivity contribution in [2.24, 2.45) is 0 Å². The van der Waals surface area contributed by atoms with Gasteiger partial charge in [0.2, 0.25) is 0 Å². The van der Waals surface area contributed by atoms with Crippen LogP contribution in [0.4, 0.5) is 11.6 Å². The van der Waals surface area contributed by atoms with Crippen LogP contribution in [0.15, 0.2) is 36.7 Å². The lowest BCUT2D eigenvalue weighted by Gasteiger charge is -2.16. The Morgan fingerprint density at radius 3 is 1.50 bits per heavy atom. The Morgan fingerprint density at radius 1 is 0.656 bits per heavy atom. The van der Waals surface area contributed by atoms with E-state index in [0.29, 0.717) is 35.9 Å². The maximum Gasteiger partial charge on any atom is 0.261 e. The van der Waals surface area contributed by atoms with Gasteiger partial charge < -0.3 is 0 Å². The van der Waals surface area contributed by atoms with E-state index in [1.54, 1.807) is 22.2 Å². The van der Waals surface area contributed by atoms with Gasteiger partial charge in [0.1, 0.15) is 11.6 Å². The van der Waals surface area contributed by atoms with Crippen LogP contribution in [0, 0.1) is 0 Å². The van der Waals surface area contributed by atoms with Crippen molar-refractivity contribution in [1.82, 2.24) is 9.97 Å². The lowest BCUT2D eigenvalue weighted by Crippen LogP contribution is -2.30. The first-order valence-corrected chi connectivity index (χ1v) is 12.0. The summed E-state index contributed by atoms with van der Waals surface area (Å²) in [6.45, 7) is 5.58. The minimum absolute atomic E-state index is 0.124. The first kappa shape index (κ1) is 22.2. The molecule has 168 valence electrons. The summed E-state index contributed by atoms with van der Waals surface area (Å²) < 4.78 is 0. The molecule has 0 radical (unpaired) electrons. The molecular formula is C26H32N4O2. The molecule has 0 atom stereocenters. The number of amides is 2. The van der Waals surface area contributed by atoms with Gasteiger partial charge in [0.05, 0.1) is 11.1 Å². The van der Waals surface area contributed by atoms with Crippen LogP contribution >= 0.6 is 0 Å². The zero-order valence-electron chi connectivity index (χ0n) is 19.1. The zero-order valence-corrected chi connectivity index (χ0v) is 19.1. The van der Waals surface area contributed by atoms with Crippen LogP contribution in [0.5, 0.6) is 0 Å². The van der Waals surface area contributed by atoms with Gasteiger partial charge in [0.25, 0.3) is 11.8 Å². The van der Waals surface area contributed by atoms with Gasteiger partial charge in [-0.3, -0.25) is 19.4 Å². The molecule has 0 aliphatic carbocycles. The van der Waals surface area contributed by atoms with Gasteiger partial charge in [-0.15, -0.1) is 0 Å². The van der Waals surface area contributed by atoms with E-state index in [4.69, 9.17) is 0 Å². The van der Waals surface area contributed by atoms with Gasteiger partial charge in [-0.1, -0.05) is 52.4 Å². The SMILES string of the molecule is CCCCCCN1C(=O)/C(=C2\C(=O)N(CCCCCC)c3ncccc32)c2cccnc21. The van der Waals surface area contributed by atoms with Crippen LogP contribution in [0.25, 0.3) is 11.1 Å². The van der Waals surface area contributed by atoms with Crippen LogP contribution in [0.3, 0.4) is 0 Å². The van der Waals surface area contributed by atoms with E-state index in [9.17, 15) is 9.59 Å². The number of unbranched alkanes of at least 4 members (excludes halogenated alkanes) is 6. The van der Waals surface area contributed by atoms with Crippen LogP contribution < -0.4 is 9.80 Å². The third-order valence-corrected chi connectivity index (χ3v) is 6.26. The van der Waals surface area contributed by atoms with E-state index in [0.717, 1.165) is 62.5 Å². The lowest BCUT2D eigenvalue weighted by molar-refractivity contribution is -0.114. The number of hydrogen-bond donors (Lipinski definition) is 0. The second-order valence-corrected chi connectivity index (χ2v) is 8.53. The number of hydrogen-bond acceptors (Lipinski definition) is 4. The number of pyridine rings is 2. The molecule has 0 spiro atoms. The Balaban J connectivity index is 1.71. The van der Waals surface area contributed by atoms with Crippen molar-refractivity contribution < 1.29 is 9.59 Å². The lowest BCUT2D eigenvalue weighted by atomic mass is 9.98. The quantitative estimate of drug-likeness (QED) is 0.380. The second kappa shape index (κ2) is 10.1. The number of nitrogens with zero attached hydrogens (tertiary/aromatic N) is 4. The molecule has 2 aromatic heterocycles. The van der Waals surface area contributed by atoms with Crippen molar-refractivity contribution in [2.75, 3.05) is 22.9 Å². The fourth-order valence-corrected chi connectivity index (χ4v) is 4.60. The van der Waals surface area contributed by atoms with E-state index < -0.39 is 0 Å². The number of carbonyl (C=O) groups excluding carboxylic acids is 2. The minimum atomic E-state index is -0.124. The molecule has 0 unspecified atom stereocenters. The average Bonchev–Trinajstić information content (AvgIpc) is 3.24. The summed E-state index contributed by atoms with van der Waals surface area (Å²) in [7, 11) is 0. The summed E-state index contributed by atoms with van der Waals surface area (Å²) in [5, 5.41) is 0. The molecule has 2 aliphatic heterocycles. The van der Waals surface area contributed by atoms with E-state index in [-0.39, 0.29) is 11.8 Å². The van der Waals surface area contributed by atoms with Gasteiger partial charge >= 0.3 is 0 Å². The molecule has 0 saturated heterocycles. The van der Waals surface area contributed by atoms with Crippen molar-refractivity contribution >= 4 is 34.6 Å². The number of anilines is 2. The number of fused-ring (bicyclic) bond motifs is 2. The Morgan fingerprint density at radius 2 is 1.09 bits per heavy atom. The zero-order chi connectivity index (χ0) is 22.5. The molecule has 2 aromatic rings.